The number of H-pyrrole nitrogens is 1. The SMILES string of the molecule is CCCCC(OC(=O)c1c[nH]c2ccccc12)C1CCCNC1.Cl. The number of hydrogen-bond acceptors (Lipinski definition) is 3. The average Bonchev–Trinajstić information content (AvgIpc) is 3.03. The molecule has 0 amide bonds. The van der Waals surface area contributed by atoms with E-state index < -0.39 is 0 Å². The molecule has 0 spiro atoms. The Morgan fingerprint density at radius 3 is 2.96 bits per heavy atom. The molecule has 2 unspecified atom stereocenters. The largest absolute Gasteiger partial charge is 0.458 e. The van der Waals surface area contributed by atoms with Crippen molar-refractivity contribution in [1.29, 1.82) is 0 Å². The molecule has 4 nitrogen and oxygen atoms in total. The number of carbonyl (C=O) groups excluding carboxylic acids is 1. The maximum absolute atomic E-state index is 12.7. The van der Waals surface area contributed by atoms with Crippen LogP contribution in [0.2, 0.25) is 0 Å². The maximum atomic E-state index is 12.7. The molecule has 2 atom stereocenters. The number of fused-ring (bicyclic) bond motifs is 1. The fourth-order valence-electron chi connectivity index (χ4n) is 3.43. The molecule has 24 heavy (non-hydrogen) atoms. The Bertz CT molecular complexity index is 650. The molecule has 1 saturated heterocycles. The van der Waals surface area contributed by atoms with Gasteiger partial charge in [-0.25, -0.2) is 4.79 Å². The number of unbranched alkanes of at least 4 members (excludes halogenated alkanes) is 1. The minimum atomic E-state index is -0.200. The number of rotatable bonds is 6. The number of piperidine rings is 1. The molecule has 1 fully saturated rings. The van der Waals surface area contributed by atoms with Crippen LogP contribution in [-0.4, -0.2) is 30.1 Å². The van der Waals surface area contributed by atoms with Crippen molar-refractivity contribution in [3.8, 4) is 0 Å². The van der Waals surface area contributed by atoms with Gasteiger partial charge in [0.05, 0.1) is 5.56 Å². The second-order valence-electron chi connectivity index (χ2n) is 6.44. The zero-order valence-corrected chi connectivity index (χ0v) is 15.0. The predicted octanol–water partition coefficient (Wildman–Crippen LogP) is 4.30. The lowest BCUT2D eigenvalue weighted by Gasteiger charge is -2.30. The summed E-state index contributed by atoms with van der Waals surface area (Å²) in [5.74, 6) is 0.235. The smallest absolute Gasteiger partial charge is 0.340 e. The second-order valence-corrected chi connectivity index (χ2v) is 6.44. The van der Waals surface area contributed by atoms with E-state index in [1.54, 1.807) is 6.20 Å². The fraction of sp³-hybridized carbons (Fsp3) is 0.526. The number of nitrogens with one attached hydrogen (secondary N) is 2. The van der Waals surface area contributed by atoms with Crippen molar-refractivity contribution in [2.75, 3.05) is 13.1 Å². The zero-order valence-electron chi connectivity index (χ0n) is 14.2. The highest BCUT2D eigenvalue weighted by molar-refractivity contribution is 6.04. The van der Waals surface area contributed by atoms with E-state index in [1.165, 1.54) is 0 Å². The van der Waals surface area contributed by atoms with E-state index in [0.29, 0.717) is 11.5 Å². The molecule has 2 N–H and O–H groups in total. The molecule has 1 aromatic heterocycles. The summed E-state index contributed by atoms with van der Waals surface area (Å²) < 4.78 is 5.95. The van der Waals surface area contributed by atoms with Crippen molar-refractivity contribution in [1.82, 2.24) is 10.3 Å². The van der Waals surface area contributed by atoms with Gasteiger partial charge in [0.2, 0.25) is 0 Å². The topological polar surface area (TPSA) is 54.1 Å². The van der Waals surface area contributed by atoms with Crippen LogP contribution < -0.4 is 5.32 Å². The van der Waals surface area contributed by atoms with Crippen molar-refractivity contribution >= 4 is 29.3 Å². The molecule has 0 aliphatic carbocycles. The highest BCUT2D eigenvalue weighted by atomic mass is 35.5. The Morgan fingerprint density at radius 1 is 1.38 bits per heavy atom. The van der Waals surface area contributed by atoms with Gasteiger partial charge in [-0.3, -0.25) is 0 Å². The number of ether oxygens (including phenoxy) is 1. The number of carbonyl (C=O) groups is 1. The van der Waals surface area contributed by atoms with Gasteiger partial charge in [-0.1, -0.05) is 38.0 Å². The number of aromatic nitrogens is 1. The van der Waals surface area contributed by atoms with E-state index in [0.717, 1.165) is 56.1 Å². The monoisotopic (exact) mass is 350 g/mol. The molecule has 0 radical (unpaired) electrons. The fourth-order valence-corrected chi connectivity index (χ4v) is 3.43. The first-order chi connectivity index (χ1) is 11.3. The number of benzene rings is 1. The van der Waals surface area contributed by atoms with Gasteiger partial charge in [0, 0.05) is 29.6 Å². The molecule has 2 aromatic rings. The lowest BCUT2D eigenvalue weighted by Crippen LogP contribution is -2.39. The van der Waals surface area contributed by atoms with E-state index in [2.05, 4.69) is 17.2 Å². The molecule has 0 bridgehead atoms. The van der Waals surface area contributed by atoms with Gasteiger partial charge in [-0.05, 0) is 31.9 Å². The first-order valence-electron chi connectivity index (χ1n) is 8.77. The minimum Gasteiger partial charge on any atom is -0.458 e. The van der Waals surface area contributed by atoms with Crippen LogP contribution in [0, 0.1) is 5.92 Å². The van der Waals surface area contributed by atoms with Crippen LogP contribution in [0.4, 0.5) is 0 Å². The van der Waals surface area contributed by atoms with Crippen LogP contribution in [0.1, 0.15) is 49.4 Å². The summed E-state index contributed by atoms with van der Waals surface area (Å²) in [6.07, 6.45) is 7.27. The van der Waals surface area contributed by atoms with Crippen LogP contribution in [-0.2, 0) is 4.74 Å². The third kappa shape index (κ3) is 4.31. The molecule has 1 aliphatic rings. The van der Waals surface area contributed by atoms with Gasteiger partial charge in [-0.2, -0.15) is 0 Å². The molecule has 132 valence electrons. The summed E-state index contributed by atoms with van der Waals surface area (Å²) >= 11 is 0. The Labute approximate surface area is 149 Å². The van der Waals surface area contributed by atoms with Crippen LogP contribution in [0.25, 0.3) is 10.9 Å². The van der Waals surface area contributed by atoms with Gasteiger partial charge in [0.15, 0.2) is 0 Å². The molecule has 3 rings (SSSR count). The standard InChI is InChI=1S/C19H26N2O2.ClH/c1-2-3-10-18(14-7-6-11-20-12-14)23-19(22)16-13-21-17-9-5-4-8-15(16)17;/h4-5,8-9,13-14,18,20-21H,2-3,6-7,10-12H2,1H3;1H. The number of para-hydroxylation sites is 1. The van der Waals surface area contributed by atoms with E-state index in [-0.39, 0.29) is 24.5 Å². The number of esters is 1. The summed E-state index contributed by atoms with van der Waals surface area (Å²) in [6, 6.07) is 7.86. The summed E-state index contributed by atoms with van der Waals surface area (Å²) in [7, 11) is 0. The Morgan fingerprint density at radius 2 is 2.21 bits per heavy atom. The highest BCUT2D eigenvalue weighted by Gasteiger charge is 2.27. The quantitative estimate of drug-likeness (QED) is 0.763. The molecule has 1 aromatic carbocycles. The Balaban J connectivity index is 0.00000208. The lowest BCUT2D eigenvalue weighted by molar-refractivity contribution is 0.00672. The van der Waals surface area contributed by atoms with Crippen LogP contribution in [0.3, 0.4) is 0 Å². The van der Waals surface area contributed by atoms with E-state index in [9.17, 15) is 4.79 Å². The molecular formula is C19H27ClN2O2. The Hall–Kier alpha value is -1.52. The summed E-state index contributed by atoms with van der Waals surface area (Å²) in [5, 5.41) is 4.37. The molecule has 5 heteroatoms. The third-order valence-corrected chi connectivity index (χ3v) is 4.77. The summed E-state index contributed by atoms with van der Waals surface area (Å²) in [5.41, 5.74) is 1.62. The third-order valence-electron chi connectivity index (χ3n) is 4.77. The van der Waals surface area contributed by atoms with Crippen LogP contribution >= 0.6 is 12.4 Å². The van der Waals surface area contributed by atoms with Crippen molar-refractivity contribution in [2.45, 2.75) is 45.1 Å². The van der Waals surface area contributed by atoms with Crippen LogP contribution in [0.15, 0.2) is 30.5 Å². The molecule has 1 aliphatic heterocycles. The molecule has 0 saturated carbocycles. The van der Waals surface area contributed by atoms with Gasteiger partial charge in [0.1, 0.15) is 6.10 Å². The van der Waals surface area contributed by atoms with Gasteiger partial charge in [0.25, 0.3) is 0 Å². The first-order valence-corrected chi connectivity index (χ1v) is 8.77. The van der Waals surface area contributed by atoms with Gasteiger partial charge < -0.3 is 15.0 Å². The first kappa shape index (κ1) is 18.8. The second kappa shape index (κ2) is 9.09. The van der Waals surface area contributed by atoms with Gasteiger partial charge in [-0.15, -0.1) is 12.4 Å². The highest BCUT2D eigenvalue weighted by Crippen LogP contribution is 2.25. The summed E-state index contributed by atoms with van der Waals surface area (Å²) in [4.78, 5) is 15.8. The van der Waals surface area contributed by atoms with Crippen molar-refractivity contribution in [2.24, 2.45) is 5.92 Å². The molecule has 2 heterocycles. The van der Waals surface area contributed by atoms with Gasteiger partial charge >= 0.3 is 5.97 Å². The number of hydrogen-bond donors (Lipinski definition) is 2. The lowest BCUT2D eigenvalue weighted by atomic mass is 9.90. The normalized spacial score (nSPS) is 18.8. The van der Waals surface area contributed by atoms with Crippen molar-refractivity contribution < 1.29 is 9.53 Å². The van der Waals surface area contributed by atoms with Crippen LogP contribution in [0.5, 0.6) is 0 Å². The van der Waals surface area contributed by atoms with E-state index in [1.807, 2.05) is 24.3 Å². The summed E-state index contributed by atoms with van der Waals surface area (Å²) in [6.45, 7) is 4.21. The van der Waals surface area contributed by atoms with E-state index >= 15 is 0 Å². The number of halogens is 1. The average molecular weight is 351 g/mol. The zero-order chi connectivity index (χ0) is 16.1. The molecular weight excluding hydrogens is 324 g/mol. The van der Waals surface area contributed by atoms with Crippen molar-refractivity contribution in [3.05, 3.63) is 36.0 Å². The van der Waals surface area contributed by atoms with E-state index in [4.69, 9.17) is 4.74 Å². The maximum Gasteiger partial charge on any atom is 0.340 e. The minimum absolute atomic E-state index is 0. The number of aromatic amines is 1. The predicted molar refractivity (Wildman–Crippen MR) is 99.9 cm³/mol. The Kier molecular flexibility index (Phi) is 7.13. The van der Waals surface area contributed by atoms with Crippen molar-refractivity contribution in [3.63, 3.8) is 0 Å².